The first kappa shape index (κ1) is 17.2. The number of hydrogen-bond acceptors (Lipinski definition) is 3. The third kappa shape index (κ3) is 6.90. The lowest BCUT2D eigenvalue weighted by Crippen LogP contribution is -2.23. The second-order valence-electron chi connectivity index (χ2n) is 5.31. The van der Waals surface area contributed by atoms with Crippen LogP contribution in [0.25, 0.3) is 0 Å². The highest BCUT2D eigenvalue weighted by Gasteiger charge is 2.06. The summed E-state index contributed by atoms with van der Waals surface area (Å²) in [7, 11) is 3.48. The monoisotopic (exact) mass is 291 g/mol. The maximum absolute atomic E-state index is 11.7. The quantitative estimate of drug-likeness (QED) is 0.717. The summed E-state index contributed by atoms with van der Waals surface area (Å²) in [4.78, 5) is 24.9. The fourth-order valence-electron chi connectivity index (χ4n) is 1.87. The van der Waals surface area contributed by atoms with E-state index in [0.717, 1.165) is 30.5 Å². The van der Waals surface area contributed by atoms with Crippen molar-refractivity contribution in [2.75, 3.05) is 26.0 Å². The van der Waals surface area contributed by atoms with E-state index >= 15 is 0 Å². The Kier molecular flexibility index (Phi) is 7.46. The second-order valence-corrected chi connectivity index (χ2v) is 5.31. The fraction of sp³-hybridized carbons (Fsp3) is 0.500. The van der Waals surface area contributed by atoms with Crippen molar-refractivity contribution in [1.29, 1.82) is 0 Å². The van der Waals surface area contributed by atoms with Crippen molar-refractivity contribution in [2.45, 2.75) is 32.1 Å². The van der Waals surface area contributed by atoms with E-state index in [1.54, 1.807) is 19.0 Å². The second kappa shape index (κ2) is 9.13. The van der Waals surface area contributed by atoms with Crippen molar-refractivity contribution < 1.29 is 9.59 Å². The first-order valence-corrected chi connectivity index (χ1v) is 7.32. The molecule has 0 saturated carbocycles. The highest BCUT2D eigenvalue weighted by molar-refractivity contribution is 5.90. The van der Waals surface area contributed by atoms with Crippen molar-refractivity contribution >= 4 is 17.5 Å². The maximum atomic E-state index is 11.7. The summed E-state index contributed by atoms with van der Waals surface area (Å²) < 4.78 is 0. The van der Waals surface area contributed by atoms with Gasteiger partial charge in [0.15, 0.2) is 0 Å². The Balaban J connectivity index is 2.40. The highest BCUT2D eigenvalue weighted by Crippen LogP contribution is 2.11. The van der Waals surface area contributed by atoms with E-state index in [2.05, 4.69) is 5.32 Å². The van der Waals surface area contributed by atoms with E-state index in [9.17, 15) is 9.59 Å². The molecule has 1 rings (SSSR count). The number of unbranched alkanes of at least 4 members (excludes halogenated alkanes) is 2. The molecule has 0 fully saturated rings. The fourth-order valence-corrected chi connectivity index (χ4v) is 1.87. The van der Waals surface area contributed by atoms with Crippen molar-refractivity contribution in [2.24, 2.45) is 5.73 Å². The lowest BCUT2D eigenvalue weighted by Gasteiger charge is -2.10. The molecule has 0 aromatic heterocycles. The van der Waals surface area contributed by atoms with Gasteiger partial charge < -0.3 is 16.0 Å². The van der Waals surface area contributed by atoms with Gasteiger partial charge in [-0.1, -0.05) is 18.6 Å². The number of rotatable bonds is 8. The van der Waals surface area contributed by atoms with Crippen LogP contribution in [0, 0.1) is 0 Å². The molecule has 0 atom stereocenters. The minimum Gasteiger partial charge on any atom is -0.349 e. The SMILES string of the molecule is CN(C)C(=O)Cc1ccc(NC(=O)CCCCCN)cc1. The molecule has 2 amide bonds. The molecule has 21 heavy (non-hydrogen) atoms. The van der Waals surface area contributed by atoms with Crippen LogP contribution in [0.4, 0.5) is 5.69 Å². The van der Waals surface area contributed by atoms with Crippen LogP contribution in [0.5, 0.6) is 0 Å². The number of benzene rings is 1. The van der Waals surface area contributed by atoms with Crippen LogP contribution in [0.15, 0.2) is 24.3 Å². The smallest absolute Gasteiger partial charge is 0.226 e. The Hall–Kier alpha value is -1.88. The van der Waals surface area contributed by atoms with Crippen LogP contribution in [-0.2, 0) is 16.0 Å². The number of carbonyl (C=O) groups excluding carboxylic acids is 2. The summed E-state index contributed by atoms with van der Waals surface area (Å²) in [5.41, 5.74) is 7.11. The minimum atomic E-state index is 0.0177. The number of nitrogens with one attached hydrogen (secondary N) is 1. The van der Waals surface area contributed by atoms with Gasteiger partial charge in [-0.05, 0) is 37.1 Å². The van der Waals surface area contributed by atoms with E-state index in [4.69, 9.17) is 5.73 Å². The predicted octanol–water partition coefficient (Wildman–Crippen LogP) is 1.77. The summed E-state index contributed by atoms with van der Waals surface area (Å²) in [6.07, 6.45) is 3.69. The number of carbonyl (C=O) groups is 2. The summed E-state index contributed by atoms with van der Waals surface area (Å²) in [5.74, 6) is 0.0795. The lowest BCUT2D eigenvalue weighted by atomic mass is 10.1. The van der Waals surface area contributed by atoms with Gasteiger partial charge in [-0.2, -0.15) is 0 Å². The molecule has 0 aliphatic carbocycles. The average molecular weight is 291 g/mol. The summed E-state index contributed by atoms with van der Waals surface area (Å²) in [5, 5.41) is 2.86. The van der Waals surface area contributed by atoms with Crippen LogP contribution >= 0.6 is 0 Å². The Morgan fingerprint density at radius 3 is 2.33 bits per heavy atom. The molecule has 0 unspecified atom stereocenters. The van der Waals surface area contributed by atoms with E-state index in [-0.39, 0.29) is 11.8 Å². The van der Waals surface area contributed by atoms with Gasteiger partial charge in [0.2, 0.25) is 11.8 Å². The van der Waals surface area contributed by atoms with Crippen molar-refractivity contribution in [1.82, 2.24) is 4.90 Å². The van der Waals surface area contributed by atoms with Gasteiger partial charge in [0, 0.05) is 26.2 Å². The number of nitrogens with two attached hydrogens (primary N) is 1. The molecule has 5 heteroatoms. The molecular formula is C16H25N3O2. The van der Waals surface area contributed by atoms with Crippen LogP contribution in [0.2, 0.25) is 0 Å². The van der Waals surface area contributed by atoms with Gasteiger partial charge in [0.05, 0.1) is 6.42 Å². The highest BCUT2D eigenvalue weighted by atomic mass is 16.2. The summed E-state index contributed by atoms with van der Waals surface area (Å²) >= 11 is 0. The van der Waals surface area contributed by atoms with Crippen molar-refractivity contribution in [3.05, 3.63) is 29.8 Å². The molecule has 1 aromatic carbocycles. The van der Waals surface area contributed by atoms with Crippen LogP contribution in [0.1, 0.15) is 31.2 Å². The van der Waals surface area contributed by atoms with Crippen LogP contribution in [-0.4, -0.2) is 37.4 Å². The Morgan fingerprint density at radius 1 is 1.10 bits per heavy atom. The van der Waals surface area contributed by atoms with Gasteiger partial charge in [-0.15, -0.1) is 0 Å². The zero-order chi connectivity index (χ0) is 15.7. The molecule has 0 radical (unpaired) electrons. The van der Waals surface area contributed by atoms with Crippen LogP contribution < -0.4 is 11.1 Å². The topological polar surface area (TPSA) is 75.4 Å². The lowest BCUT2D eigenvalue weighted by molar-refractivity contribution is -0.128. The molecule has 1 aromatic rings. The first-order valence-electron chi connectivity index (χ1n) is 7.32. The number of anilines is 1. The minimum absolute atomic E-state index is 0.0177. The van der Waals surface area contributed by atoms with E-state index in [1.807, 2.05) is 24.3 Å². The van der Waals surface area contributed by atoms with Crippen LogP contribution in [0.3, 0.4) is 0 Å². The molecule has 3 N–H and O–H groups in total. The third-order valence-corrected chi connectivity index (χ3v) is 3.20. The number of amides is 2. The molecule has 0 heterocycles. The van der Waals surface area contributed by atoms with Gasteiger partial charge in [-0.25, -0.2) is 0 Å². The maximum Gasteiger partial charge on any atom is 0.226 e. The third-order valence-electron chi connectivity index (χ3n) is 3.20. The van der Waals surface area contributed by atoms with E-state index < -0.39 is 0 Å². The van der Waals surface area contributed by atoms with Gasteiger partial charge in [0.1, 0.15) is 0 Å². The zero-order valence-corrected chi connectivity index (χ0v) is 12.9. The number of likely N-dealkylation sites (N-methyl/N-ethyl adjacent to an activating group) is 1. The van der Waals surface area contributed by atoms with E-state index in [0.29, 0.717) is 19.4 Å². The van der Waals surface area contributed by atoms with E-state index in [1.165, 1.54) is 0 Å². The Labute approximate surface area is 126 Å². The number of hydrogen-bond donors (Lipinski definition) is 2. The van der Waals surface area contributed by atoms with Crippen molar-refractivity contribution in [3.8, 4) is 0 Å². The number of nitrogens with zero attached hydrogens (tertiary/aromatic N) is 1. The van der Waals surface area contributed by atoms with Gasteiger partial charge in [-0.3, -0.25) is 9.59 Å². The average Bonchev–Trinajstić information content (AvgIpc) is 2.45. The molecule has 0 bridgehead atoms. The van der Waals surface area contributed by atoms with Crippen molar-refractivity contribution in [3.63, 3.8) is 0 Å². The standard InChI is InChI=1S/C16H25N3O2/c1-19(2)16(21)12-13-7-9-14(10-8-13)18-15(20)6-4-3-5-11-17/h7-10H,3-6,11-12,17H2,1-2H3,(H,18,20). The first-order chi connectivity index (χ1) is 10.0. The van der Waals surface area contributed by atoms with Gasteiger partial charge >= 0.3 is 0 Å². The molecule has 0 spiro atoms. The molecular weight excluding hydrogens is 266 g/mol. The van der Waals surface area contributed by atoms with Gasteiger partial charge in [0.25, 0.3) is 0 Å². The zero-order valence-electron chi connectivity index (χ0n) is 12.9. The predicted molar refractivity (Wildman–Crippen MR) is 85.0 cm³/mol. The normalized spacial score (nSPS) is 10.2. The Bertz CT molecular complexity index is 455. The molecule has 0 aliphatic heterocycles. The summed E-state index contributed by atoms with van der Waals surface area (Å²) in [6, 6.07) is 7.39. The molecule has 0 aliphatic rings. The Morgan fingerprint density at radius 2 is 1.76 bits per heavy atom. The largest absolute Gasteiger partial charge is 0.349 e. The molecule has 116 valence electrons. The molecule has 0 saturated heterocycles. The summed E-state index contributed by atoms with van der Waals surface area (Å²) in [6.45, 7) is 0.675. The molecule has 5 nitrogen and oxygen atoms in total.